The van der Waals surface area contributed by atoms with Gasteiger partial charge in [0.15, 0.2) is 0 Å². The van der Waals surface area contributed by atoms with Crippen molar-refractivity contribution in [3.8, 4) is 0 Å². The fraction of sp³-hybridized carbons (Fsp3) is 0.583. The molecule has 0 unspecified atom stereocenters. The number of methoxy groups -OCH3 is 1. The Bertz CT molecular complexity index is 259. The summed E-state index contributed by atoms with van der Waals surface area (Å²) < 4.78 is 10.1. The van der Waals surface area contributed by atoms with Gasteiger partial charge in [0.25, 0.3) is 0 Å². The highest BCUT2D eigenvalue weighted by atomic mass is 16.5. The van der Waals surface area contributed by atoms with Crippen molar-refractivity contribution in [2.75, 3.05) is 34.4 Å². The van der Waals surface area contributed by atoms with Crippen molar-refractivity contribution in [1.29, 1.82) is 0 Å². The molecule has 0 bridgehead atoms. The van der Waals surface area contributed by atoms with Crippen molar-refractivity contribution in [3.05, 3.63) is 24.3 Å². The molecule has 0 heterocycles. The minimum Gasteiger partial charge on any atom is -0.468 e. The SMILES string of the molecule is C=C(/C=C\C)COC[C@@H](C(=O)OC)N(C)C. The van der Waals surface area contributed by atoms with Crippen LogP contribution in [0.15, 0.2) is 24.3 Å². The Morgan fingerprint density at radius 3 is 2.56 bits per heavy atom. The van der Waals surface area contributed by atoms with Crippen molar-refractivity contribution >= 4 is 5.97 Å². The molecule has 0 amide bonds. The van der Waals surface area contributed by atoms with Crippen LogP contribution >= 0.6 is 0 Å². The van der Waals surface area contributed by atoms with Crippen LogP contribution in [0.5, 0.6) is 0 Å². The second kappa shape index (κ2) is 8.07. The number of allylic oxidation sites excluding steroid dienone is 1. The van der Waals surface area contributed by atoms with E-state index < -0.39 is 0 Å². The molecule has 0 fully saturated rings. The summed E-state index contributed by atoms with van der Waals surface area (Å²) in [5.41, 5.74) is 0.880. The summed E-state index contributed by atoms with van der Waals surface area (Å²) in [6.07, 6.45) is 3.78. The standard InChI is InChI=1S/C12H21NO3/c1-6-7-10(2)8-16-9-11(13(3)4)12(14)15-5/h6-7,11H,2,8-9H2,1,3-5H3/b7-6-/t11-/m0/s1. The molecule has 1 atom stereocenters. The van der Waals surface area contributed by atoms with Crippen LogP contribution in [0.1, 0.15) is 6.92 Å². The lowest BCUT2D eigenvalue weighted by Crippen LogP contribution is -2.40. The van der Waals surface area contributed by atoms with Gasteiger partial charge in [-0.05, 0) is 26.6 Å². The quantitative estimate of drug-likeness (QED) is 0.484. The molecule has 0 aliphatic heterocycles. The van der Waals surface area contributed by atoms with Gasteiger partial charge in [0, 0.05) is 0 Å². The van der Waals surface area contributed by atoms with Gasteiger partial charge in [-0.1, -0.05) is 18.7 Å². The molecular weight excluding hydrogens is 206 g/mol. The molecule has 0 aliphatic carbocycles. The fourth-order valence-electron chi connectivity index (χ4n) is 1.15. The van der Waals surface area contributed by atoms with E-state index in [4.69, 9.17) is 4.74 Å². The third-order valence-corrected chi connectivity index (χ3v) is 2.06. The number of hydrogen-bond donors (Lipinski definition) is 0. The third kappa shape index (κ3) is 5.68. The van der Waals surface area contributed by atoms with Gasteiger partial charge in [-0.3, -0.25) is 9.69 Å². The Hall–Kier alpha value is -1.13. The molecule has 0 rings (SSSR count). The highest BCUT2D eigenvalue weighted by molar-refractivity contribution is 5.75. The number of ether oxygens (including phenoxy) is 2. The van der Waals surface area contributed by atoms with E-state index in [-0.39, 0.29) is 12.0 Å². The Labute approximate surface area is 97.5 Å². The van der Waals surface area contributed by atoms with Gasteiger partial charge in [0.1, 0.15) is 6.04 Å². The van der Waals surface area contributed by atoms with Gasteiger partial charge in [0.2, 0.25) is 0 Å². The van der Waals surface area contributed by atoms with Crippen molar-refractivity contribution in [3.63, 3.8) is 0 Å². The highest BCUT2D eigenvalue weighted by Gasteiger charge is 2.21. The summed E-state index contributed by atoms with van der Waals surface area (Å²) in [6.45, 7) is 6.45. The number of likely N-dealkylation sites (N-methyl/N-ethyl adjacent to an activating group) is 1. The first-order valence-electron chi connectivity index (χ1n) is 5.15. The van der Waals surface area contributed by atoms with E-state index in [0.29, 0.717) is 13.2 Å². The number of hydrogen-bond acceptors (Lipinski definition) is 4. The lowest BCUT2D eigenvalue weighted by atomic mass is 10.3. The molecule has 0 saturated heterocycles. The molecule has 0 aromatic rings. The molecule has 92 valence electrons. The van der Waals surface area contributed by atoms with Crippen molar-refractivity contribution in [2.45, 2.75) is 13.0 Å². The van der Waals surface area contributed by atoms with Crippen LogP contribution in [0.3, 0.4) is 0 Å². The predicted octanol–water partition coefficient (Wildman–Crippen LogP) is 1.24. The molecule has 16 heavy (non-hydrogen) atoms. The monoisotopic (exact) mass is 227 g/mol. The van der Waals surface area contributed by atoms with Crippen LogP contribution in [0.2, 0.25) is 0 Å². The number of nitrogens with zero attached hydrogens (tertiary/aromatic N) is 1. The van der Waals surface area contributed by atoms with Crippen LogP contribution in [0.25, 0.3) is 0 Å². The van der Waals surface area contributed by atoms with Crippen molar-refractivity contribution in [1.82, 2.24) is 4.90 Å². The first-order chi connectivity index (χ1) is 7.52. The van der Waals surface area contributed by atoms with Crippen LogP contribution in [-0.4, -0.2) is 51.3 Å². The van der Waals surface area contributed by atoms with Gasteiger partial charge < -0.3 is 9.47 Å². The molecule has 4 heteroatoms. The summed E-state index contributed by atoms with van der Waals surface area (Å²) in [6, 6.07) is -0.372. The summed E-state index contributed by atoms with van der Waals surface area (Å²) in [5, 5.41) is 0. The predicted molar refractivity (Wildman–Crippen MR) is 64.3 cm³/mol. The molecule has 4 nitrogen and oxygen atoms in total. The van der Waals surface area contributed by atoms with Crippen molar-refractivity contribution < 1.29 is 14.3 Å². The molecule has 0 aromatic carbocycles. The van der Waals surface area contributed by atoms with E-state index in [1.165, 1.54) is 7.11 Å². The zero-order valence-corrected chi connectivity index (χ0v) is 10.5. The highest BCUT2D eigenvalue weighted by Crippen LogP contribution is 2.00. The normalized spacial score (nSPS) is 13.1. The number of esters is 1. The van der Waals surface area contributed by atoms with E-state index >= 15 is 0 Å². The second-order valence-electron chi connectivity index (χ2n) is 3.68. The maximum atomic E-state index is 11.4. The van der Waals surface area contributed by atoms with E-state index in [1.807, 2.05) is 33.2 Å². The maximum Gasteiger partial charge on any atom is 0.325 e. The van der Waals surface area contributed by atoms with E-state index in [1.54, 1.807) is 4.90 Å². The summed E-state index contributed by atoms with van der Waals surface area (Å²) in [4.78, 5) is 13.1. The Kier molecular flexibility index (Phi) is 7.50. The molecule has 0 N–H and O–H groups in total. The summed E-state index contributed by atoms with van der Waals surface area (Å²) in [5.74, 6) is -0.290. The van der Waals surface area contributed by atoms with E-state index in [9.17, 15) is 4.79 Å². The van der Waals surface area contributed by atoms with Crippen LogP contribution in [0.4, 0.5) is 0 Å². The van der Waals surface area contributed by atoms with E-state index in [2.05, 4.69) is 11.3 Å². The first kappa shape index (κ1) is 14.9. The number of rotatable bonds is 7. The molecule has 0 spiro atoms. The van der Waals surface area contributed by atoms with E-state index in [0.717, 1.165) is 5.57 Å². The van der Waals surface area contributed by atoms with Gasteiger partial charge >= 0.3 is 5.97 Å². The second-order valence-corrected chi connectivity index (χ2v) is 3.68. The molecular formula is C12H21NO3. The lowest BCUT2D eigenvalue weighted by molar-refractivity contribution is -0.148. The molecule has 0 saturated carbocycles. The van der Waals surface area contributed by atoms with Gasteiger partial charge in [-0.25, -0.2) is 0 Å². The van der Waals surface area contributed by atoms with Crippen LogP contribution in [-0.2, 0) is 14.3 Å². The minimum absolute atomic E-state index is 0.290. The average Bonchev–Trinajstić information content (AvgIpc) is 2.23. The smallest absolute Gasteiger partial charge is 0.325 e. The van der Waals surface area contributed by atoms with Gasteiger partial charge in [-0.2, -0.15) is 0 Å². The lowest BCUT2D eigenvalue weighted by Gasteiger charge is -2.21. The summed E-state index contributed by atoms with van der Waals surface area (Å²) in [7, 11) is 5.00. The Balaban J connectivity index is 4.04. The maximum absolute atomic E-state index is 11.4. The zero-order chi connectivity index (χ0) is 12.6. The van der Waals surface area contributed by atoms with Crippen LogP contribution in [0, 0.1) is 0 Å². The number of carbonyl (C=O) groups is 1. The third-order valence-electron chi connectivity index (χ3n) is 2.06. The van der Waals surface area contributed by atoms with Gasteiger partial charge in [-0.15, -0.1) is 0 Å². The molecule has 0 aromatic heterocycles. The van der Waals surface area contributed by atoms with Gasteiger partial charge in [0.05, 0.1) is 20.3 Å². The van der Waals surface area contributed by atoms with Crippen LogP contribution < -0.4 is 0 Å². The summed E-state index contributed by atoms with van der Waals surface area (Å²) >= 11 is 0. The first-order valence-corrected chi connectivity index (χ1v) is 5.15. The Morgan fingerprint density at radius 1 is 1.50 bits per heavy atom. The largest absolute Gasteiger partial charge is 0.468 e. The average molecular weight is 227 g/mol. The number of carbonyl (C=O) groups excluding carboxylic acids is 1. The Morgan fingerprint density at radius 2 is 2.12 bits per heavy atom. The minimum atomic E-state index is -0.372. The topological polar surface area (TPSA) is 38.8 Å². The van der Waals surface area contributed by atoms with Crippen molar-refractivity contribution in [2.24, 2.45) is 0 Å². The molecule has 0 radical (unpaired) electrons. The molecule has 0 aliphatic rings. The fourth-order valence-corrected chi connectivity index (χ4v) is 1.15. The zero-order valence-electron chi connectivity index (χ0n) is 10.5.